The molecule has 7 nitrogen and oxygen atoms in total. The average molecular weight is 686 g/mol. The van der Waals surface area contributed by atoms with Gasteiger partial charge in [0.2, 0.25) is 0 Å². The van der Waals surface area contributed by atoms with Gasteiger partial charge in [-0.1, -0.05) is 68.3 Å². The number of rotatable bonds is 10. The molecule has 0 aliphatic carbocycles. The first-order chi connectivity index (χ1) is 19.1. The van der Waals surface area contributed by atoms with E-state index in [9.17, 15) is 18.3 Å². The average Bonchev–Trinajstić information content (AvgIpc) is 3.20. The van der Waals surface area contributed by atoms with E-state index in [-0.39, 0.29) is 23.6 Å². The number of nitrogens with two attached hydrogens (primary N) is 1. The number of primary amides is 1. The lowest BCUT2D eigenvalue weighted by molar-refractivity contribution is -0.124. The molecule has 4 aromatic carbocycles. The molecule has 0 saturated carbocycles. The van der Waals surface area contributed by atoms with Gasteiger partial charge in [0.15, 0.2) is 15.9 Å². The van der Waals surface area contributed by atoms with Crippen molar-refractivity contribution in [2.45, 2.75) is 30.1 Å². The number of halogens is 2. The monoisotopic (exact) mass is 684 g/mol. The van der Waals surface area contributed by atoms with Gasteiger partial charge in [-0.3, -0.25) is 4.79 Å². The minimum atomic E-state index is -3.89. The van der Waals surface area contributed by atoms with Crippen LogP contribution < -0.4 is 10.5 Å². The standard InChI is InChI=1S/C30H26Br2N2O5S/c31-20-9-11-27-25(14-20)26-15-21(32)10-12-28(26)34(27)17-22(35)18-40(37,38)24-8-4-7-23(16-24)39-29(30(33)36)13-19-5-2-1-3-6-19/h1-12,14-16,22,29,35H,13,17-18H2,(H2,33,36). The molecule has 3 N–H and O–H groups in total. The summed E-state index contributed by atoms with van der Waals surface area (Å²) in [6.07, 6.45) is -1.91. The van der Waals surface area contributed by atoms with Crippen LogP contribution in [0.15, 0.2) is 105 Å². The van der Waals surface area contributed by atoms with Crippen LogP contribution in [0.4, 0.5) is 0 Å². The summed E-state index contributed by atoms with van der Waals surface area (Å²) in [5.74, 6) is -0.944. The Morgan fingerprint density at radius 1 is 0.875 bits per heavy atom. The minimum absolute atomic E-state index is 0.0120. The fourth-order valence-corrected chi connectivity index (χ4v) is 6.90. The van der Waals surface area contributed by atoms with E-state index in [0.717, 1.165) is 36.3 Å². The number of ether oxygens (including phenoxy) is 1. The maximum absolute atomic E-state index is 13.3. The van der Waals surface area contributed by atoms with Gasteiger partial charge in [-0.25, -0.2) is 8.42 Å². The van der Waals surface area contributed by atoms with Crippen molar-refractivity contribution in [1.29, 1.82) is 0 Å². The molecule has 40 heavy (non-hydrogen) atoms. The largest absolute Gasteiger partial charge is 0.480 e. The Morgan fingerprint density at radius 3 is 2.10 bits per heavy atom. The van der Waals surface area contributed by atoms with E-state index in [4.69, 9.17) is 10.5 Å². The predicted molar refractivity (Wildman–Crippen MR) is 163 cm³/mol. The van der Waals surface area contributed by atoms with Crippen LogP contribution in [0.25, 0.3) is 21.8 Å². The molecule has 206 valence electrons. The molecule has 0 aliphatic heterocycles. The predicted octanol–water partition coefficient (Wildman–Crippen LogP) is 5.63. The summed E-state index contributed by atoms with van der Waals surface area (Å²) >= 11 is 7.04. The lowest BCUT2D eigenvalue weighted by atomic mass is 10.1. The molecule has 2 atom stereocenters. The quantitative estimate of drug-likeness (QED) is 0.198. The summed E-state index contributed by atoms with van der Waals surface area (Å²) < 4.78 is 36.2. The number of benzene rings is 4. The number of aliphatic hydroxyl groups is 1. The lowest BCUT2D eigenvalue weighted by Crippen LogP contribution is -2.35. The molecule has 0 radical (unpaired) electrons. The number of carbonyl (C=O) groups is 1. The van der Waals surface area contributed by atoms with Gasteiger partial charge in [-0.05, 0) is 60.2 Å². The summed E-state index contributed by atoms with van der Waals surface area (Å²) in [6, 6.07) is 26.9. The van der Waals surface area contributed by atoms with Crippen LogP contribution in [0, 0.1) is 0 Å². The van der Waals surface area contributed by atoms with Gasteiger partial charge in [0.05, 0.1) is 23.3 Å². The Balaban J connectivity index is 1.36. The number of nitrogens with zero attached hydrogens (tertiary/aromatic N) is 1. The van der Waals surface area contributed by atoms with Gasteiger partial charge >= 0.3 is 0 Å². The second kappa shape index (κ2) is 11.7. The first kappa shape index (κ1) is 28.4. The number of sulfone groups is 1. The second-order valence-corrected chi connectivity index (χ2v) is 13.4. The van der Waals surface area contributed by atoms with Crippen molar-refractivity contribution in [1.82, 2.24) is 4.57 Å². The Hall–Kier alpha value is -3.18. The summed E-state index contributed by atoms with van der Waals surface area (Å²) in [5.41, 5.74) is 8.20. The van der Waals surface area contributed by atoms with Crippen molar-refractivity contribution < 1.29 is 23.1 Å². The van der Waals surface area contributed by atoms with E-state index in [1.807, 2.05) is 71.3 Å². The number of carbonyl (C=O) groups excluding carboxylic acids is 1. The maximum Gasteiger partial charge on any atom is 0.258 e. The molecule has 5 aromatic rings. The number of aliphatic hydroxyl groups excluding tert-OH is 1. The molecular formula is C30H26Br2N2O5S. The van der Waals surface area contributed by atoms with Gasteiger partial charge in [-0.2, -0.15) is 0 Å². The first-order valence-corrected chi connectivity index (χ1v) is 15.7. The fraction of sp³-hybridized carbons (Fsp3) is 0.167. The Bertz CT molecular complexity index is 1750. The molecule has 10 heteroatoms. The van der Waals surface area contributed by atoms with Crippen LogP contribution in [-0.2, 0) is 27.6 Å². The molecule has 1 aromatic heterocycles. The smallest absolute Gasteiger partial charge is 0.258 e. The number of amides is 1. The first-order valence-electron chi connectivity index (χ1n) is 12.5. The van der Waals surface area contributed by atoms with Crippen LogP contribution in [0.3, 0.4) is 0 Å². The summed E-state index contributed by atoms with van der Waals surface area (Å²) in [7, 11) is -3.89. The van der Waals surface area contributed by atoms with E-state index < -0.39 is 33.7 Å². The number of hydrogen-bond donors (Lipinski definition) is 2. The Kier molecular flexibility index (Phi) is 8.32. The highest BCUT2D eigenvalue weighted by Crippen LogP contribution is 2.33. The molecule has 0 fully saturated rings. The van der Waals surface area contributed by atoms with Crippen molar-refractivity contribution in [3.8, 4) is 5.75 Å². The Morgan fingerprint density at radius 2 is 1.50 bits per heavy atom. The molecule has 0 spiro atoms. The normalized spacial score (nSPS) is 13.4. The zero-order valence-electron chi connectivity index (χ0n) is 21.2. The zero-order chi connectivity index (χ0) is 28.4. The molecule has 0 saturated heterocycles. The summed E-state index contributed by atoms with van der Waals surface area (Å²) in [4.78, 5) is 12.0. The molecule has 2 unspecified atom stereocenters. The molecule has 0 bridgehead atoms. The third kappa shape index (κ3) is 6.25. The molecule has 5 rings (SSSR count). The Labute approximate surface area is 248 Å². The number of fused-ring (bicyclic) bond motifs is 3. The second-order valence-electron chi connectivity index (χ2n) is 9.54. The van der Waals surface area contributed by atoms with Gasteiger partial charge in [0.25, 0.3) is 5.91 Å². The fourth-order valence-electron chi connectivity index (χ4n) is 4.79. The van der Waals surface area contributed by atoms with Gasteiger partial charge in [0.1, 0.15) is 5.75 Å². The summed E-state index contributed by atoms with van der Waals surface area (Å²) in [6.45, 7) is 0.0828. The highest BCUT2D eigenvalue weighted by atomic mass is 79.9. The van der Waals surface area contributed by atoms with Gasteiger partial charge in [0, 0.05) is 37.2 Å². The van der Waals surface area contributed by atoms with Crippen LogP contribution in [-0.4, -0.2) is 42.0 Å². The molecule has 1 amide bonds. The van der Waals surface area contributed by atoms with Crippen LogP contribution in [0.1, 0.15) is 5.56 Å². The zero-order valence-corrected chi connectivity index (χ0v) is 25.2. The molecular weight excluding hydrogens is 660 g/mol. The third-order valence-electron chi connectivity index (χ3n) is 6.62. The van der Waals surface area contributed by atoms with Crippen molar-refractivity contribution in [2.75, 3.05) is 5.75 Å². The lowest BCUT2D eigenvalue weighted by Gasteiger charge is -2.18. The topological polar surface area (TPSA) is 112 Å². The van der Waals surface area contributed by atoms with E-state index >= 15 is 0 Å². The van der Waals surface area contributed by atoms with Crippen molar-refractivity contribution >= 4 is 69.4 Å². The van der Waals surface area contributed by atoms with E-state index in [0.29, 0.717) is 0 Å². The highest BCUT2D eigenvalue weighted by Gasteiger charge is 2.24. The SMILES string of the molecule is NC(=O)C(Cc1ccccc1)Oc1cccc(S(=O)(=O)CC(O)Cn2c3ccc(Br)cc3c3cc(Br)ccc32)c1. The number of aromatic nitrogens is 1. The van der Waals surface area contributed by atoms with E-state index in [2.05, 4.69) is 31.9 Å². The molecule has 0 aliphatic rings. The van der Waals surface area contributed by atoms with Crippen LogP contribution in [0.2, 0.25) is 0 Å². The van der Waals surface area contributed by atoms with Gasteiger partial charge < -0.3 is 20.1 Å². The minimum Gasteiger partial charge on any atom is -0.480 e. The molecule has 1 heterocycles. The van der Waals surface area contributed by atoms with Crippen LogP contribution in [0.5, 0.6) is 5.75 Å². The van der Waals surface area contributed by atoms with E-state index in [1.165, 1.54) is 18.2 Å². The van der Waals surface area contributed by atoms with E-state index in [1.54, 1.807) is 6.07 Å². The van der Waals surface area contributed by atoms with Crippen molar-refractivity contribution in [3.05, 3.63) is 106 Å². The maximum atomic E-state index is 13.3. The van der Waals surface area contributed by atoms with Crippen molar-refractivity contribution in [3.63, 3.8) is 0 Å². The number of hydrogen-bond acceptors (Lipinski definition) is 5. The van der Waals surface area contributed by atoms with Crippen molar-refractivity contribution in [2.24, 2.45) is 5.73 Å². The third-order valence-corrected chi connectivity index (χ3v) is 9.40. The summed E-state index contributed by atoms with van der Waals surface area (Å²) in [5, 5.41) is 13.0. The van der Waals surface area contributed by atoms with Crippen LogP contribution >= 0.6 is 31.9 Å². The highest BCUT2D eigenvalue weighted by molar-refractivity contribution is 9.10. The van der Waals surface area contributed by atoms with Gasteiger partial charge in [-0.15, -0.1) is 0 Å².